The van der Waals surface area contributed by atoms with Crippen molar-refractivity contribution in [2.24, 2.45) is 14.1 Å². The van der Waals surface area contributed by atoms with Gasteiger partial charge in [0.15, 0.2) is 11.6 Å². The maximum absolute atomic E-state index is 13.5. The summed E-state index contributed by atoms with van der Waals surface area (Å²) in [5.41, 5.74) is 0.644. The Morgan fingerprint density at radius 2 is 2.19 bits per heavy atom. The number of ether oxygens (including phenoxy) is 1. The van der Waals surface area contributed by atoms with Gasteiger partial charge in [-0.25, -0.2) is 8.96 Å². The van der Waals surface area contributed by atoms with Gasteiger partial charge in [-0.05, 0) is 17.2 Å². The number of halogens is 1. The molecule has 0 saturated carbocycles. The van der Waals surface area contributed by atoms with Crippen LogP contribution in [0.1, 0.15) is 0 Å². The van der Waals surface area contributed by atoms with Gasteiger partial charge in [-0.3, -0.25) is 0 Å². The molecular formula is C11H13FN3O+. The van der Waals surface area contributed by atoms with Crippen LogP contribution in [0.2, 0.25) is 0 Å². The molecule has 0 amide bonds. The fraction of sp³-hybridized carbons (Fsp3) is 0.273. The smallest absolute Gasteiger partial charge is 0.270 e. The third-order valence-corrected chi connectivity index (χ3v) is 2.34. The SMILES string of the molecule is COc1c(F)cccc1-c1n[n+](C)cn1C. The molecule has 0 aliphatic rings. The molecule has 0 bridgehead atoms. The van der Waals surface area contributed by atoms with E-state index in [1.807, 2.05) is 18.7 Å². The molecule has 4 nitrogen and oxygen atoms in total. The molecule has 0 radical (unpaired) electrons. The normalized spacial score (nSPS) is 10.5. The number of para-hydroxylation sites is 1. The summed E-state index contributed by atoms with van der Waals surface area (Å²) in [7, 11) is 5.12. The van der Waals surface area contributed by atoms with Crippen LogP contribution in [0.5, 0.6) is 5.75 Å². The molecular weight excluding hydrogens is 209 g/mol. The van der Waals surface area contributed by atoms with Crippen LogP contribution in [0.3, 0.4) is 0 Å². The Hall–Kier alpha value is -1.91. The summed E-state index contributed by atoms with van der Waals surface area (Å²) < 4.78 is 22.0. The molecule has 5 heteroatoms. The van der Waals surface area contributed by atoms with Gasteiger partial charge < -0.3 is 4.74 Å². The molecule has 0 atom stereocenters. The standard InChI is InChI=1S/C11H13FN3O/c1-14-7-15(2)13-11(14)8-5-4-6-9(12)10(8)16-3/h4-7H,1-3H3/q+1. The van der Waals surface area contributed by atoms with Crippen LogP contribution < -0.4 is 9.42 Å². The first-order valence-electron chi connectivity index (χ1n) is 4.85. The number of benzene rings is 1. The monoisotopic (exact) mass is 222 g/mol. The van der Waals surface area contributed by atoms with E-state index in [-0.39, 0.29) is 11.6 Å². The summed E-state index contributed by atoms with van der Waals surface area (Å²) in [4.78, 5) is 0. The van der Waals surface area contributed by atoms with Crippen molar-refractivity contribution in [3.63, 3.8) is 0 Å². The van der Waals surface area contributed by atoms with Gasteiger partial charge in [0.05, 0.1) is 19.7 Å². The van der Waals surface area contributed by atoms with Crippen LogP contribution in [0.25, 0.3) is 11.4 Å². The van der Waals surface area contributed by atoms with Gasteiger partial charge >= 0.3 is 0 Å². The second-order valence-corrected chi connectivity index (χ2v) is 3.54. The van der Waals surface area contributed by atoms with Gasteiger partial charge in [-0.1, -0.05) is 6.07 Å². The first-order chi connectivity index (χ1) is 7.63. The summed E-state index contributed by atoms with van der Waals surface area (Å²) in [6, 6.07) is 4.79. The van der Waals surface area contributed by atoms with Crippen molar-refractivity contribution < 1.29 is 13.8 Å². The highest BCUT2D eigenvalue weighted by Gasteiger charge is 2.19. The van der Waals surface area contributed by atoms with Crippen molar-refractivity contribution in [1.29, 1.82) is 0 Å². The average molecular weight is 222 g/mol. The van der Waals surface area contributed by atoms with Gasteiger partial charge in [0, 0.05) is 0 Å². The Morgan fingerprint density at radius 3 is 2.75 bits per heavy atom. The Balaban J connectivity index is 2.64. The second-order valence-electron chi connectivity index (χ2n) is 3.54. The van der Waals surface area contributed by atoms with Crippen LogP contribution in [0.15, 0.2) is 24.5 Å². The van der Waals surface area contributed by atoms with Crippen LogP contribution >= 0.6 is 0 Å². The molecule has 1 aromatic carbocycles. The molecule has 84 valence electrons. The molecule has 0 aliphatic carbocycles. The maximum atomic E-state index is 13.5. The fourth-order valence-electron chi connectivity index (χ4n) is 1.69. The van der Waals surface area contributed by atoms with Crippen LogP contribution in [-0.2, 0) is 14.1 Å². The molecule has 2 rings (SSSR count). The van der Waals surface area contributed by atoms with Gasteiger partial charge in [-0.2, -0.15) is 0 Å². The number of aromatic nitrogens is 3. The number of nitrogens with zero attached hydrogens (tertiary/aromatic N) is 3. The minimum absolute atomic E-state index is 0.219. The van der Waals surface area contributed by atoms with Crippen LogP contribution in [-0.4, -0.2) is 16.8 Å². The zero-order chi connectivity index (χ0) is 11.7. The quantitative estimate of drug-likeness (QED) is 0.711. The fourth-order valence-corrected chi connectivity index (χ4v) is 1.69. The predicted octanol–water partition coefficient (Wildman–Crippen LogP) is 1.06. The van der Waals surface area contributed by atoms with Crippen molar-refractivity contribution in [1.82, 2.24) is 9.67 Å². The Kier molecular flexibility index (Phi) is 2.60. The predicted molar refractivity (Wildman–Crippen MR) is 56.3 cm³/mol. The molecule has 0 fully saturated rings. The van der Waals surface area contributed by atoms with Gasteiger partial charge in [-0.15, -0.1) is 4.68 Å². The number of rotatable bonds is 2. The summed E-state index contributed by atoms with van der Waals surface area (Å²) in [5, 5.41) is 4.26. The molecule has 0 saturated heterocycles. The first kappa shape index (κ1) is 10.6. The Bertz CT molecular complexity index is 522. The van der Waals surface area contributed by atoms with Crippen molar-refractivity contribution in [2.45, 2.75) is 0 Å². The highest BCUT2D eigenvalue weighted by molar-refractivity contribution is 5.64. The lowest BCUT2D eigenvalue weighted by Gasteiger charge is -2.05. The largest absolute Gasteiger partial charge is 0.493 e. The van der Waals surface area contributed by atoms with E-state index in [1.54, 1.807) is 23.1 Å². The van der Waals surface area contributed by atoms with E-state index < -0.39 is 0 Å². The van der Waals surface area contributed by atoms with E-state index in [1.165, 1.54) is 13.2 Å². The zero-order valence-electron chi connectivity index (χ0n) is 9.44. The van der Waals surface area contributed by atoms with Gasteiger partial charge in [0.25, 0.3) is 12.2 Å². The molecule has 0 unspecified atom stereocenters. The lowest BCUT2D eigenvalue weighted by atomic mass is 10.2. The van der Waals surface area contributed by atoms with E-state index in [0.717, 1.165) is 0 Å². The number of hydrogen-bond acceptors (Lipinski definition) is 2. The zero-order valence-corrected chi connectivity index (χ0v) is 9.44. The summed E-state index contributed by atoms with van der Waals surface area (Å²) in [6.45, 7) is 0. The van der Waals surface area contributed by atoms with Crippen molar-refractivity contribution in [3.8, 4) is 17.1 Å². The lowest BCUT2D eigenvalue weighted by molar-refractivity contribution is -0.728. The van der Waals surface area contributed by atoms with Gasteiger partial charge in [0.2, 0.25) is 0 Å². The van der Waals surface area contributed by atoms with E-state index in [4.69, 9.17) is 4.74 Å². The van der Waals surface area contributed by atoms with Crippen molar-refractivity contribution in [2.75, 3.05) is 7.11 Å². The third kappa shape index (κ3) is 1.64. The molecule has 0 N–H and O–H groups in total. The summed E-state index contributed by atoms with van der Waals surface area (Å²) >= 11 is 0. The van der Waals surface area contributed by atoms with Crippen LogP contribution in [0.4, 0.5) is 4.39 Å². The van der Waals surface area contributed by atoms with E-state index in [2.05, 4.69) is 5.10 Å². The molecule has 16 heavy (non-hydrogen) atoms. The summed E-state index contributed by atoms with van der Waals surface area (Å²) in [6.07, 6.45) is 1.81. The number of methoxy groups -OCH3 is 1. The molecule has 1 heterocycles. The number of hydrogen-bond donors (Lipinski definition) is 0. The van der Waals surface area contributed by atoms with E-state index in [9.17, 15) is 4.39 Å². The minimum Gasteiger partial charge on any atom is -0.493 e. The van der Waals surface area contributed by atoms with Crippen molar-refractivity contribution >= 4 is 0 Å². The third-order valence-electron chi connectivity index (χ3n) is 2.34. The minimum atomic E-state index is -0.384. The van der Waals surface area contributed by atoms with E-state index in [0.29, 0.717) is 11.4 Å². The highest BCUT2D eigenvalue weighted by atomic mass is 19.1. The van der Waals surface area contributed by atoms with Crippen molar-refractivity contribution in [3.05, 3.63) is 30.3 Å². The second kappa shape index (κ2) is 3.92. The lowest BCUT2D eigenvalue weighted by Crippen LogP contribution is -2.28. The average Bonchev–Trinajstić information content (AvgIpc) is 2.57. The van der Waals surface area contributed by atoms with Crippen LogP contribution in [0, 0.1) is 5.82 Å². The molecule has 0 spiro atoms. The van der Waals surface area contributed by atoms with Gasteiger partial charge in [0.1, 0.15) is 7.05 Å². The Morgan fingerprint density at radius 1 is 1.44 bits per heavy atom. The molecule has 1 aromatic heterocycles. The molecule has 0 aliphatic heterocycles. The van der Waals surface area contributed by atoms with E-state index >= 15 is 0 Å². The first-order valence-corrected chi connectivity index (χ1v) is 4.85. The Labute approximate surface area is 92.9 Å². The highest BCUT2D eigenvalue weighted by Crippen LogP contribution is 2.29. The maximum Gasteiger partial charge on any atom is 0.270 e. The number of aryl methyl sites for hydroxylation is 2. The summed E-state index contributed by atoms with van der Waals surface area (Å²) in [5.74, 6) is 0.501. The molecule has 2 aromatic rings. The topological polar surface area (TPSA) is 30.9 Å².